The molecule has 1 unspecified atom stereocenters. The van der Waals surface area contributed by atoms with Gasteiger partial charge in [0.05, 0.1) is 53.8 Å². The molecule has 5 N–H and O–H groups in total. The quantitative estimate of drug-likeness (QED) is 0.0663. The number of benzene rings is 3. The molecule has 18 heteroatoms. The number of aromatic nitrogens is 2. The number of anilines is 1. The molecule has 4 aliphatic rings. The molecule has 3 aromatic carbocycles. The van der Waals surface area contributed by atoms with Crippen molar-refractivity contribution in [3.8, 4) is 11.1 Å². The fourth-order valence-electron chi connectivity index (χ4n) is 8.34. The van der Waals surface area contributed by atoms with Crippen LogP contribution in [-0.2, 0) is 25.7 Å². The van der Waals surface area contributed by atoms with Gasteiger partial charge in [0.15, 0.2) is 0 Å². The summed E-state index contributed by atoms with van der Waals surface area (Å²) < 4.78 is 36.1. The summed E-state index contributed by atoms with van der Waals surface area (Å²) in [6.45, 7) is 5.00. The molecule has 0 spiro atoms. The van der Waals surface area contributed by atoms with Crippen molar-refractivity contribution in [3.05, 3.63) is 94.9 Å². The van der Waals surface area contributed by atoms with Crippen molar-refractivity contribution in [3.63, 3.8) is 0 Å². The van der Waals surface area contributed by atoms with Crippen LogP contribution in [0.3, 0.4) is 0 Å². The molecule has 3 fully saturated rings. The van der Waals surface area contributed by atoms with Crippen LogP contribution in [0.4, 0.5) is 14.5 Å². The molecule has 5 amide bonds. The number of ether oxygens (including phenoxy) is 1. The fourth-order valence-corrected chi connectivity index (χ4v) is 8.34. The number of rotatable bonds is 15. The molecule has 4 aromatic rings. The van der Waals surface area contributed by atoms with E-state index in [0.717, 1.165) is 17.7 Å². The number of allylic oxidation sites excluding steroid dienone is 1. The van der Waals surface area contributed by atoms with Gasteiger partial charge in [0, 0.05) is 93.1 Å². The van der Waals surface area contributed by atoms with Crippen LogP contribution in [0.5, 0.6) is 0 Å². The van der Waals surface area contributed by atoms with Gasteiger partial charge in [-0.3, -0.25) is 49.0 Å². The third-order valence-electron chi connectivity index (χ3n) is 11.8. The molecule has 1 atom stereocenters. The van der Waals surface area contributed by atoms with Gasteiger partial charge in [-0.25, -0.2) is 13.8 Å². The number of carbonyl (C=O) groups is 5. The number of hydrogen-bond donors (Lipinski definition) is 5. The predicted octanol–water partition coefficient (Wildman–Crippen LogP) is 3.47. The van der Waals surface area contributed by atoms with Gasteiger partial charge in [0.2, 0.25) is 17.7 Å². The van der Waals surface area contributed by atoms with Crippen LogP contribution < -0.4 is 21.3 Å². The van der Waals surface area contributed by atoms with Crippen molar-refractivity contribution in [2.75, 3.05) is 64.3 Å². The molecule has 63 heavy (non-hydrogen) atoms. The Kier molecular flexibility index (Phi) is 13.2. The van der Waals surface area contributed by atoms with E-state index in [1.807, 2.05) is 4.90 Å². The Bertz CT molecular complexity index is 2460. The topological polar surface area (TPSA) is 202 Å². The number of para-hydroxylation sites is 1. The molecular weight excluding hydrogens is 815 g/mol. The molecule has 0 bridgehead atoms. The number of hydrogen-bond acceptors (Lipinski definition) is 13. The summed E-state index contributed by atoms with van der Waals surface area (Å²) >= 11 is 0. The number of fused-ring (bicyclic) bond motifs is 2. The summed E-state index contributed by atoms with van der Waals surface area (Å²) in [6.07, 6.45) is 6.79. The molecule has 328 valence electrons. The first-order valence-electron chi connectivity index (χ1n) is 21.2. The first kappa shape index (κ1) is 43.2. The van der Waals surface area contributed by atoms with Gasteiger partial charge >= 0.3 is 0 Å². The highest BCUT2D eigenvalue weighted by Crippen LogP contribution is 2.32. The smallest absolute Gasteiger partial charge is 0.262 e. The van der Waals surface area contributed by atoms with Gasteiger partial charge in [-0.1, -0.05) is 12.1 Å². The SMILES string of the molecule is N=C/C(=C\NC1CCN(CC(=O)NCCCNc2ccc3c(c2)C(=O)N(C2CCC(=O)NC2=O)C3=O)CC1)c1cnc2cccc(-c3cc(F)c(CN4CCOCC4)c(F)c3)c2n1. The van der Waals surface area contributed by atoms with Gasteiger partial charge in [-0.15, -0.1) is 0 Å². The van der Waals surface area contributed by atoms with Gasteiger partial charge < -0.3 is 26.1 Å². The molecule has 4 aliphatic heterocycles. The van der Waals surface area contributed by atoms with E-state index in [1.165, 1.54) is 18.3 Å². The second kappa shape index (κ2) is 19.3. The Balaban J connectivity index is 0.784. The van der Waals surface area contributed by atoms with Gasteiger partial charge in [-0.05, 0) is 67.6 Å². The van der Waals surface area contributed by atoms with Crippen LogP contribution in [-0.4, -0.2) is 132 Å². The molecule has 0 radical (unpaired) electrons. The highest BCUT2D eigenvalue weighted by Gasteiger charge is 2.44. The maximum atomic E-state index is 15.4. The van der Waals surface area contributed by atoms with Crippen molar-refractivity contribution in [1.29, 1.82) is 5.41 Å². The monoisotopic (exact) mass is 862 g/mol. The summed E-state index contributed by atoms with van der Waals surface area (Å²) in [6, 6.07) is 11.9. The summed E-state index contributed by atoms with van der Waals surface area (Å²) in [4.78, 5) is 77.1. The molecule has 0 saturated carbocycles. The van der Waals surface area contributed by atoms with Crippen LogP contribution in [0.25, 0.3) is 27.7 Å². The number of carbonyl (C=O) groups excluding carboxylic acids is 5. The lowest BCUT2D eigenvalue weighted by molar-refractivity contribution is -0.136. The lowest BCUT2D eigenvalue weighted by Gasteiger charge is -2.31. The number of nitrogens with zero attached hydrogens (tertiary/aromatic N) is 5. The van der Waals surface area contributed by atoms with Gasteiger partial charge in [-0.2, -0.15) is 0 Å². The minimum absolute atomic E-state index is 0.0167. The third-order valence-corrected chi connectivity index (χ3v) is 11.8. The zero-order chi connectivity index (χ0) is 44.0. The lowest BCUT2D eigenvalue weighted by atomic mass is 10.0. The van der Waals surface area contributed by atoms with Crippen LogP contribution >= 0.6 is 0 Å². The molecular formula is C45H48F2N10O6. The molecule has 8 rings (SSSR count). The van der Waals surface area contributed by atoms with Crippen LogP contribution in [0, 0.1) is 17.0 Å². The minimum Gasteiger partial charge on any atom is -0.387 e. The van der Waals surface area contributed by atoms with Gasteiger partial charge in [0.25, 0.3) is 11.8 Å². The van der Waals surface area contributed by atoms with E-state index in [0.29, 0.717) is 98.0 Å². The second-order valence-electron chi connectivity index (χ2n) is 16.0. The Morgan fingerprint density at radius 3 is 2.41 bits per heavy atom. The number of nitrogens with one attached hydrogen (secondary N) is 5. The molecule has 3 saturated heterocycles. The summed E-state index contributed by atoms with van der Waals surface area (Å²) in [5.74, 6) is -3.57. The Hall–Kier alpha value is -6.50. The standard InChI is InChI=1S/C45H48F2N10O6/c46-35-19-27(20-36(47)34(35)25-56-15-17-63-18-16-56)31-3-1-4-37-42(31)53-38(24-52-37)28(22-48)23-51-29-9-13-55(14-10-29)26-41(59)50-12-2-11-49-30-5-6-32-33(21-30)45(62)57(44(32)61)39-7-8-40(58)54-43(39)60/h1,3-6,19-24,29,39,48-49,51H,2,7-18,25-26H2,(H,50,59)(H,54,58,60)/b28-23+,48-22?. The molecule has 0 aliphatic carbocycles. The number of imide groups is 2. The van der Waals surface area contributed by atoms with E-state index in [1.54, 1.807) is 48.8 Å². The second-order valence-corrected chi connectivity index (χ2v) is 16.0. The first-order chi connectivity index (χ1) is 30.6. The van der Waals surface area contributed by atoms with Crippen molar-refractivity contribution < 1.29 is 37.5 Å². The van der Waals surface area contributed by atoms with Crippen LogP contribution in [0.2, 0.25) is 0 Å². The highest BCUT2D eigenvalue weighted by atomic mass is 19.1. The van der Waals surface area contributed by atoms with E-state index in [2.05, 4.69) is 31.2 Å². The first-order valence-corrected chi connectivity index (χ1v) is 21.2. The summed E-state index contributed by atoms with van der Waals surface area (Å²) in [7, 11) is 0. The number of halogens is 2. The van der Waals surface area contributed by atoms with E-state index < -0.39 is 41.3 Å². The normalized spacial score (nSPS) is 19.0. The van der Waals surface area contributed by atoms with E-state index in [-0.39, 0.29) is 54.6 Å². The zero-order valence-corrected chi connectivity index (χ0v) is 34.6. The Morgan fingerprint density at radius 1 is 0.905 bits per heavy atom. The van der Waals surface area contributed by atoms with Crippen molar-refractivity contribution in [1.82, 2.24) is 40.6 Å². The average molecular weight is 863 g/mol. The van der Waals surface area contributed by atoms with Crippen molar-refractivity contribution >= 4 is 58.0 Å². The van der Waals surface area contributed by atoms with E-state index in [4.69, 9.17) is 15.1 Å². The van der Waals surface area contributed by atoms with Crippen molar-refractivity contribution in [2.24, 2.45) is 0 Å². The van der Waals surface area contributed by atoms with Gasteiger partial charge in [0.1, 0.15) is 17.7 Å². The summed E-state index contributed by atoms with van der Waals surface area (Å²) in [5.41, 5.74) is 3.85. The largest absolute Gasteiger partial charge is 0.387 e. The van der Waals surface area contributed by atoms with E-state index in [9.17, 15) is 24.0 Å². The predicted molar refractivity (Wildman–Crippen MR) is 230 cm³/mol. The fraction of sp³-hybridized carbons (Fsp3) is 0.378. The summed E-state index contributed by atoms with van der Waals surface area (Å²) in [5, 5.41) is 19.9. The zero-order valence-electron chi connectivity index (χ0n) is 34.6. The average Bonchev–Trinajstić information content (AvgIpc) is 3.53. The minimum atomic E-state index is -1.03. The Morgan fingerprint density at radius 2 is 1.67 bits per heavy atom. The molecule has 1 aromatic heterocycles. The molecule has 5 heterocycles. The maximum absolute atomic E-state index is 15.4. The highest BCUT2D eigenvalue weighted by molar-refractivity contribution is 6.23. The van der Waals surface area contributed by atoms with E-state index >= 15 is 8.78 Å². The van der Waals surface area contributed by atoms with Crippen molar-refractivity contribution in [2.45, 2.75) is 50.7 Å². The lowest BCUT2D eigenvalue weighted by Crippen LogP contribution is -2.54. The Labute approximate surface area is 361 Å². The number of morpholine rings is 1. The molecule has 16 nitrogen and oxygen atoms in total. The maximum Gasteiger partial charge on any atom is 0.262 e. The number of likely N-dealkylation sites (tertiary alicyclic amines) is 1. The third kappa shape index (κ3) is 9.77. The van der Waals surface area contributed by atoms with Crippen LogP contribution in [0.1, 0.15) is 64.1 Å². The van der Waals surface area contributed by atoms with Crippen LogP contribution in [0.15, 0.2) is 60.9 Å². The number of piperidine rings is 2. The number of amides is 5.